The summed E-state index contributed by atoms with van der Waals surface area (Å²) in [6, 6.07) is 0. The van der Waals surface area contributed by atoms with E-state index in [0.29, 0.717) is 0 Å². The fourth-order valence-electron chi connectivity index (χ4n) is 0.729. The number of ether oxygens (including phenoxy) is 2. The Balaban J connectivity index is 3.00. The second kappa shape index (κ2) is 2.42. The Morgan fingerprint density at radius 2 is 1.67 bits per heavy atom. The molecule has 0 atom stereocenters. The van der Waals surface area contributed by atoms with Gasteiger partial charge in [-0.3, -0.25) is 0 Å². The van der Waals surface area contributed by atoms with Crippen molar-refractivity contribution < 1.29 is 23.9 Å². The van der Waals surface area contributed by atoms with Crippen LogP contribution in [0.2, 0.25) is 0 Å². The van der Waals surface area contributed by atoms with Crippen LogP contribution in [-0.4, -0.2) is 28.2 Å². The second-order valence-electron chi connectivity index (χ2n) is 2.63. The fraction of sp³-hybridized carbons (Fsp3) is 0.500. The maximum absolute atomic E-state index is 10.8. The number of hydrogen-bond donors (Lipinski definition) is 0. The Morgan fingerprint density at radius 1 is 1.25 bits per heavy atom. The number of carbonyl (C=O) groups excluding carboxylic acids is 2. The zero-order valence-electron chi connectivity index (χ0n) is 6.53. The van der Waals surface area contributed by atoms with Crippen LogP contribution >= 0.6 is 0 Å². The molecule has 0 bridgehead atoms. The quantitative estimate of drug-likeness (QED) is 0.278. The summed E-state index contributed by atoms with van der Waals surface area (Å²) in [5.41, 5.74) is 7.45. The molecule has 6 nitrogen and oxygen atoms in total. The van der Waals surface area contributed by atoms with E-state index in [4.69, 9.17) is 5.53 Å². The summed E-state index contributed by atoms with van der Waals surface area (Å²) in [6.45, 7) is 2.80. The Morgan fingerprint density at radius 3 is 2.00 bits per heavy atom. The maximum atomic E-state index is 10.8. The van der Waals surface area contributed by atoms with Crippen molar-refractivity contribution in [3.05, 3.63) is 5.53 Å². The molecule has 6 heteroatoms. The van der Waals surface area contributed by atoms with Crippen molar-refractivity contribution in [2.24, 2.45) is 0 Å². The molecule has 0 amide bonds. The van der Waals surface area contributed by atoms with Crippen LogP contribution in [0, 0.1) is 0 Å². The normalized spacial score (nSPS) is 21.0. The molecule has 0 aromatic carbocycles. The van der Waals surface area contributed by atoms with E-state index < -0.39 is 23.4 Å². The monoisotopic (exact) mass is 170 g/mol. The molecule has 1 rings (SSSR count). The summed E-state index contributed by atoms with van der Waals surface area (Å²) in [7, 11) is 0. The molecule has 1 fully saturated rings. The van der Waals surface area contributed by atoms with Crippen molar-refractivity contribution in [2.75, 3.05) is 0 Å². The molecular formula is C6H6N2O4. The van der Waals surface area contributed by atoms with Gasteiger partial charge in [0.05, 0.1) is 0 Å². The van der Waals surface area contributed by atoms with Crippen molar-refractivity contribution in [1.29, 1.82) is 0 Å². The Kier molecular flexibility index (Phi) is 1.70. The van der Waals surface area contributed by atoms with E-state index in [2.05, 4.69) is 14.3 Å². The molecule has 1 aliphatic heterocycles. The molecular weight excluding hydrogens is 164 g/mol. The van der Waals surface area contributed by atoms with Gasteiger partial charge in [-0.1, -0.05) is 0 Å². The minimum Gasteiger partial charge on any atom is -0.414 e. The summed E-state index contributed by atoms with van der Waals surface area (Å²) in [4.78, 5) is 24.1. The van der Waals surface area contributed by atoms with Gasteiger partial charge in [-0.05, 0) is 0 Å². The molecule has 64 valence electrons. The van der Waals surface area contributed by atoms with E-state index in [1.165, 1.54) is 13.8 Å². The molecule has 1 saturated heterocycles. The lowest BCUT2D eigenvalue weighted by molar-refractivity contribution is -0.221. The van der Waals surface area contributed by atoms with Gasteiger partial charge in [0.15, 0.2) is 0 Å². The lowest BCUT2D eigenvalue weighted by atomic mass is 10.3. The molecule has 0 aromatic heterocycles. The third-order valence-corrected chi connectivity index (χ3v) is 1.16. The fourth-order valence-corrected chi connectivity index (χ4v) is 0.729. The van der Waals surface area contributed by atoms with Crippen LogP contribution in [0.4, 0.5) is 0 Å². The molecule has 0 radical (unpaired) electrons. The second-order valence-corrected chi connectivity index (χ2v) is 2.63. The van der Waals surface area contributed by atoms with Gasteiger partial charge in [0.1, 0.15) is 0 Å². The minimum atomic E-state index is -1.29. The predicted molar refractivity (Wildman–Crippen MR) is 34.9 cm³/mol. The zero-order valence-corrected chi connectivity index (χ0v) is 6.53. The molecule has 0 N–H and O–H groups in total. The Labute approximate surface area is 67.7 Å². The van der Waals surface area contributed by atoms with Crippen molar-refractivity contribution in [3.8, 4) is 0 Å². The van der Waals surface area contributed by atoms with E-state index in [1.807, 2.05) is 0 Å². The summed E-state index contributed by atoms with van der Waals surface area (Å²) in [5.74, 6) is -3.26. The lowest BCUT2D eigenvalue weighted by Gasteiger charge is -2.25. The largest absolute Gasteiger partial charge is 0.482 e. The maximum Gasteiger partial charge on any atom is 0.482 e. The minimum absolute atomic E-state index is 0.741. The topological polar surface area (TPSA) is 89.0 Å². The third kappa shape index (κ3) is 1.33. The average Bonchev–Trinajstić information content (AvgIpc) is 1.82. The predicted octanol–water partition coefficient (Wildman–Crippen LogP) is -0.507. The summed E-state index contributed by atoms with van der Waals surface area (Å²) in [5, 5.41) is 0. The van der Waals surface area contributed by atoms with Gasteiger partial charge in [0.2, 0.25) is 0 Å². The first-order valence-electron chi connectivity index (χ1n) is 3.15. The average molecular weight is 170 g/mol. The van der Waals surface area contributed by atoms with Crippen LogP contribution in [0.5, 0.6) is 0 Å². The number of rotatable bonds is 0. The standard InChI is InChI=1S/C6H6N2O4/c1-6(2)11-4(9)3(8-7)5(10)12-6/h1-2H3. The highest BCUT2D eigenvalue weighted by Crippen LogP contribution is 2.16. The van der Waals surface area contributed by atoms with E-state index in [0.717, 1.165) is 0 Å². The number of cyclic esters (lactones) is 2. The first-order valence-corrected chi connectivity index (χ1v) is 3.15. The van der Waals surface area contributed by atoms with Crippen LogP contribution in [-0.2, 0) is 19.1 Å². The van der Waals surface area contributed by atoms with Gasteiger partial charge in [0.25, 0.3) is 5.79 Å². The molecule has 0 aromatic rings. The summed E-state index contributed by atoms with van der Waals surface area (Å²) in [6.07, 6.45) is 0. The Hall–Kier alpha value is -1.68. The molecule has 1 heterocycles. The van der Waals surface area contributed by atoms with E-state index >= 15 is 0 Å². The van der Waals surface area contributed by atoms with Gasteiger partial charge in [-0.15, -0.1) is 0 Å². The number of esters is 2. The van der Waals surface area contributed by atoms with Crippen molar-refractivity contribution in [3.63, 3.8) is 0 Å². The molecule has 12 heavy (non-hydrogen) atoms. The third-order valence-electron chi connectivity index (χ3n) is 1.16. The number of hydrogen-bond acceptors (Lipinski definition) is 4. The SMILES string of the molecule is CC1(C)OC(=O)C(=[N+]=[N-])C(=O)O1. The van der Waals surface area contributed by atoms with Gasteiger partial charge in [-0.2, -0.15) is 4.79 Å². The molecule has 0 unspecified atom stereocenters. The molecule has 0 spiro atoms. The smallest absolute Gasteiger partial charge is 0.414 e. The molecule has 0 aliphatic carbocycles. The summed E-state index contributed by atoms with van der Waals surface area (Å²) < 4.78 is 9.15. The van der Waals surface area contributed by atoms with Crippen LogP contribution in [0.25, 0.3) is 5.53 Å². The zero-order chi connectivity index (χ0) is 9.35. The number of carbonyl (C=O) groups is 2. The van der Waals surface area contributed by atoms with Crippen LogP contribution in [0.1, 0.15) is 13.8 Å². The Bertz CT molecular complexity index is 279. The number of nitrogens with zero attached hydrogens (tertiary/aromatic N) is 2. The van der Waals surface area contributed by atoms with Crippen LogP contribution < -0.4 is 0 Å². The van der Waals surface area contributed by atoms with Crippen LogP contribution in [0.3, 0.4) is 0 Å². The first kappa shape index (κ1) is 8.42. The van der Waals surface area contributed by atoms with E-state index in [9.17, 15) is 9.59 Å². The van der Waals surface area contributed by atoms with Crippen LogP contribution in [0.15, 0.2) is 0 Å². The highest BCUT2D eigenvalue weighted by atomic mass is 16.7. The van der Waals surface area contributed by atoms with E-state index in [1.54, 1.807) is 0 Å². The summed E-state index contributed by atoms with van der Waals surface area (Å²) >= 11 is 0. The van der Waals surface area contributed by atoms with Gasteiger partial charge >= 0.3 is 17.7 Å². The highest BCUT2D eigenvalue weighted by Gasteiger charge is 2.46. The van der Waals surface area contributed by atoms with E-state index in [-0.39, 0.29) is 0 Å². The van der Waals surface area contributed by atoms with Crippen molar-refractivity contribution >= 4 is 17.7 Å². The molecule has 1 aliphatic rings. The van der Waals surface area contributed by atoms with Gasteiger partial charge in [0, 0.05) is 13.8 Å². The van der Waals surface area contributed by atoms with Gasteiger partial charge < -0.3 is 15.0 Å². The molecule has 0 saturated carbocycles. The van der Waals surface area contributed by atoms with Crippen molar-refractivity contribution in [1.82, 2.24) is 0 Å². The van der Waals surface area contributed by atoms with Crippen molar-refractivity contribution in [2.45, 2.75) is 19.6 Å². The first-order chi connectivity index (χ1) is 5.46. The van der Waals surface area contributed by atoms with Gasteiger partial charge in [-0.25, -0.2) is 9.59 Å². The highest BCUT2D eigenvalue weighted by molar-refractivity contribution is 6.61. The lowest BCUT2D eigenvalue weighted by Crippen LogP contribution is -2.47.